The Morgan fingerprint density at radius 1 is 1.25 bits per heavy atom. The first kappa shape index (κ1) is 17.3. The zero-order valence-electron chi connectivity index (χ0n) is 13.3. The van der Waals surface area contributed by atoms with Gasteiger partial charge < -0.3 is 10.1 Å². The highest BCUT2D eigenvalue weighted by atomic mass is 32.2. The summed E-state index contributed by atoms with van der Waals surface area (Å²) in [5.74, 6) is 1.36. The number of rotatable bonds is 8. The van der Waals surface area contributed by atoms with Crippen molar-refractivity contribution in [2.24, 2.45) is 0 Å². The highest BCUT2D eigenvalue weighted by molar-refractivity contribution is 7.85. The number of ether oxygens (including phenoxy) is 1. The number of benzene rings is 1. The fourth-order valence-electron chi connectivity index (χ4n) is 2.69. The third-order valence-corrected chi connectivity index (χ3v) is 4.96. The van der Waals surface area contributed by atoms with Crippen molar-refractivity contribution in [3.05, 3.63) is 34.4 Å². The van der Waals surface area contributed by atoms with Crippen LogP contribution in [-0.4, -0.2) is 36.5 Å². The van der Waals surface area contributed by atoms with Gasteiger partial charge in [-0.05, 0) is 50.9 Å². The molecule has 0 amide bonds. The van der Waals surface area contributed by atoms with Gasteiger partial charge in [0.25, 0.3) is 0 Å². The van der Waals surface area contributed by atoms with Crippen molar-refractivity contribution in [3.8, 4) is 0 Å². The van der Waals surface area contributed by atoms with E-state index in [1.807, 2.05) is 7.05 Å². The molecule has 0 fully saturated rings. The summed E-state index contributed by atoms with van der Waals surface area (Å²) < 4.78 is 17.2. The van der Waals surface area contributed by atoms with E-state index in [9.17, 15) is 4.21 Å². The van der Waals surface area contributed by atoms with Gasteiger partial charge in [0.2, 0.25) is 0 Å². The molecule has 0 radical (unpaired) electrons. The van der Waals surface area contributed by atoms with E-state index in [2.05, 4.69) is 38.2 Å². The number of hydrogen-bond acceptors (Lipinski definition) is 3. The Morgan fingerprint density at radius 2 is 1.85 bits per heavy atom. The first-order valence-corrected chi connectivity index (χ1v) is 8.57. The minimum atomic E-state index is -0.816. The van der Waals surface area contributed by atoms with Gasteiger partial charge in [-0.3, -0.25) is 4.21 Å². The Hall–Kier alpha value is -0.710. The van der Waals surface area contributed by atoms with Crippen LogP contribution in [0.25, 0.3) is 0 Å². The van der Waals surface area contributed by atoms with Gasteiger partial charge in [0, 0.05) is 42.1 Å². The molecule has 114 valence electrons. The largest absolute Gasteiger partial charge is 0.385 e. The second kappa shape index (κ2) is 8.55. The van der Waals surface area contributed by atoms with Gasteiger partial charge in [-0.15, -0.1) is 0 Å². The molecule has 0 bridgehead atoms. The third-order valence-electron chi connectivity index (χ3n) is 3.51. The van der Waals surface area contributed by atoms with Gasteiger partial charge in [0.05, 0.1) is 0 Å². The van der Waals surface area contributed by atoms with E-state index in [1.54, 1.807) is 7.11 Å². The molecular weight excluding hydrogens is 270 g/mol. The van der Waals surface area contributed by atoms with Gasteiger partial charge in [0.1, 0.15) is 0 Å². The Balaban J connectivity index is 2.79. The molecule has 4 heteroatoms. The number of hydrogen-bond donors (Lipinski definition) is 1. The van der Waals surface area contributed by atoms with Crippen LogP contribution in [0.4, 0.5) is 0 Å². The minimum Gasteiger partial charge on any atom is -0.385 e. The van der Waals surface area contributed by atoms with Crippen LogP contribution in [0.15, 0.2) is 12.1 Å². The molecule has 0 aromatic heterocycles. The van der Waals surface area contributed by atoms with E-state index in [-0.39, 0.29) is 6.04 Å². The summed E-state index contributed by atoms with van der Waals surface area (Å²) in [6, 6.07) is 4.54. The van der Waals surface area contributed by atoms with Crippen LogP contribution >= 0.6 is 0 Å². The lowest BCUT2D eigenvalue weighted by Gasteiger charge is -2.21. The SMILES string of the molecule is CNC(CS(=O)CCCOC)c1c(C)cc(C)cc1C. The molecular formula is C16H27NO2S. The summed E-state index contributed by atoms with van der Waals surface area (Å²) in [6.45, 7) is 7.06. The van der Waals surface area contributed by atoms with Crippen LogP contribution < -0.4 is 5.32 Å². The van der Waals surface area contributed by atoms with Gasteiger partial charge in [-0.2, -0.15) is 0 Å². The average Bonchev–Trinajstić information content (AvgIpc) is 2.36. The second-order valence-corrected chi connectivity index (χ2v) is 6.93. The fourth-order valence-corrected chi connectivity index (χ4v) is 4.00. The van der Waals surface area contributed by atoms with Crippen molar-refractivity contribution in [1.82, 2.24) is 5.32 Å². The smallest absolute Gasteiger partial charge is 0.0471 e. The molecule has 2 atom stereocenters. The molecule has 0 aliphatic heterocycles. The van der Waals surface area contributed by atoms with Crippen LogP contribution in [0.2, 0.25) is 0 Å². The highest BCUT2D eigenvalue weighted by Crippen LogP contribution is 2.24. The normalized spacial score (nSPS) is 14.2. The second-order valence-electron chi connectivity index (χ2n) is 5.31. The van der Waals surface area contributed by atoms with Crippen LogP contribution in [0.5, 0.6) is 0 Å². The first-order chi connectivity index (χ1) is 9.49. The van der Waals surface area contributed by atoms with Crippen molar-refractivity contribution in [1.29, 1.82) is 0 Å². The summed E-state index contributed by atoms with van der Waals surface area (Å²) in [7, 11) is 2.80. The van der Waals surface area contributed by atoms with Crippen molar-refractivity contribution in [2.45, 2.75) is 33.2 Å². The maximum absolute atomic E-state index is 12.2. The Morgan fingerprint density at radius 3 is 2.35 bits per heavy atom. The minimum absolute atomic E-state index is 0.152. The van der Waals surface area contributed by atoms with E-state index in [4.69, 9.17) is 4.74 Å². The molecule has 1 rings (SSSR count). The molecule has 1 N–H and O–H groups in total. The van der Waals surface area contributed by atoms with Gasteiger partial charge >= 0.3 is 0 Å². The predicted molar refractivity (Wildman–Crippen MR) is 86.8 cm³/mol. The monoisotopic (exact) mass is 297 g/mol. The Kier molecular flexibility index (Phi) is 7.41. The van der Waals surface area contributed by atoms with E-state index < -0.39 is 10.8 Å². The molecule has 1 aromatic carbocycles. The average molecular weight is 297 g/mol. The van der Waals surface area contributed by atoms with Crippen molar-refractivity contribution in [2.75, 3.05) is 32.3 Å². The Labute approximate surface area is 125 Å². The third kappa shape index (κ3) is 5.00. The molecule has 0 aliphatic rings. The molecule has 0 aliphatic carbocycles. The number of aryl methyl sites for hydroxylation is 3. The highest BCUT2D eigenvalue weighted by Gasteiger charge is 2.17. The molecule has 1 aromatic rings. The molecule has 0 spiro atoms. The molecule has 2 unspecified atom stereocenters. The molecule has 0 saturated heterocycles. The van der Waals surface area contributed by atoms with Crippen LogP contribution in [0.1, 0.15) is 34.7 Å². The number of nitrogens with one attached hydrogen (secondary N) is 1. The van der Waals surface area contributed by atoms with E-state index >= 15 is 0 Å². The lowest BCUT2D eigenvalue weighted by atomic mass is 9.95. The maximum Gasteiger partial charge on any atom is 0.0471 e. The zero-order chi connectivity index (χ0) is 15.1. The van der Waals surface area contributed by atoms with Crippen molar-refractivity contribution >= 4 is 10.8 Å². The lowest BCUT2D eigenvalue weighted by Crippen LogP contribution is -2.25. The summed E-state index contributed by atoms with van der Waals surface area (Å²) in [5.41, 5.74) is 5.12. The van der Waals surface area contributed by atoms with Crippen LogP contribution in [0, 0.1) is 20.8 Å². The van der Waals surface area contributed by atoms with Crippen LogP contribution in [0.3, 0.4) is 0 Å². The van der Waals surface area contributed by atoms with Gasteiger partial charge in [-0.1, -0.05) is 17.7 Å². The van der Waals surface area contributed by atoms with Crippen molar-refractivity contribution < 1.29 is 8.95 Å². The summed E-state index contributed by atoms with van der Waals surface area (Å²) >= 11 is 0. The topological polar surface area (TPSA) is 38.3 Å². The quantitative estimate of drug-likeness (QED) is 0.750. The molecule has 0 saturated carbocycles. The lowest BCUT2D eigenvalue weighted by molar-refractivity contribution is 0.200. The van der Waals surface area contributed by atoms with E-state index in [1.165, 1.54) is 22.3 Å². The van der Waals surface area contributed by atoms with Gasteiger partial charge in [-0.25, -0.2) is 0 Å². The van der Waals surface area contributed by atoms with Crippen LogP contribution in [-0.2, 0) is 15.5 Å². The summed E-state index contributed by atoms with van der Waals surface area (Å²) in [6.07, 6.45) is 0.853. The maximum atomic E-state index is 12.2. The van der Waals surface area contributed by atoms with E-state index in [0.717, 1.165) is 6.42 Å². The van der Waals surface area contributed by atoms with Crippen molar-refractivity contribution in [3.63, 3.8) is 0 Å². The standard InChI is InChI=1S/C16H27NO2S/c1-12-9-13(2)16(14(3)10-12)15(17-4)11-20(18)8-6-7-19-5/h9-10,15,17H,6-8,11H2,1-5H3. The molecule has 3 nitrogen and oxygen atoms in total. The van der Waals surface area contributed by atoms with Gasteiger partial charge in [0.15, 0.2) is 0 Å². The Bertz CT molecular complexity index is 437. The molecule has 20 heavy (non-hydrogen) atoms. The zero-order valence-corrected chi connectivity index (χ0v) is 14.1. The summed E-state index contributed by atoms with van der Waals surface area (Å²) in [5, 5.41) is 3.32. The summed E-state index contributed by atoms with van der Waals surface area (Å²) in [4.78, 5) is 0. The fraction of sp³-hybridized carbons (Fsp3) is 0.625. The molecule has 0 heterocycles. The first-order valence-electron chi connectivity index (χ1n) is 7.08. The van der Waals surface area contributed by atoms with E-state index in [0.29, 0.717) is 18.1 Å². The number of methoxy groups -OCH3 is 1. The predicted octanol–water partition coefficient (Wildman–Crippen LogP) is 2.66.